The van der Waals surface area contributed by atoms with E-state index >= 15 is 0 Å². The number of thioether (sulfide) groups is 1. The minimum Gasteiger partial charge on any atom is -0.326 e. The normalized spacial score (nSPS) is 10.8. The van der Waals surface area contributed by atoms with Crippen LogP contribution in [0.2, 0.25) is 0 Å². The van der Waals surface area contributed by atoms with E-state index in [-0.39, 0.29) is 17.6 Å². The number of rotatable bonds is 9. The molecule has 2 aromatic carbocycles. The van der Waals surface area contributed by atoms with Gasteiger partial charge in [0.05, 0.1) is 17.1 Å². The highest BCUT2D eigenvalue weighted by molar-refractivity contribution is 7.99. The molecule has 174 valence electrons. The van der Waals surface area contributed by atoms with Gasteiger partial charge in [0, 0.05) is 17.9 Å². The quantitative estimate of drug-likeness (QED) is 0.312. The molecule has 4 aromatic rings. The Morgan fingerprint density at radius 3 is 2.53 bits per heavy atom. The van der Waals surface area contributed by atoms with Gasteiger partial charge in [-0.05, 0) is 54.6 Å². The van der Waals surface area contributed by atoms with Crippen LogP contribution in [0.4, 0.5) is 11.4 Å². The molecule has 0 saturated carbocycles. The molecule has 2 heterocycles. The number of amides is 2. The van der Waals surface area contributed by atoms with Crippen LogP contribution in [0.3, 0.4) is 0 Å². The lowest BCUT2D eigenvalue weighted by molar-refractivity contribution is -0.115. The highest BCUT2D eigenvalue weighted by Crippen LogP contribution is 2.27. The van der Waals surface area contributed by atoms with Gasteiger partial charge in [-0.3, -0.25) is 9.59 Å². The van der Waals surface area contributed by atoms with Crippen molar-refractivity contribution in [2.75, 3.05) is 16.4 Å². The molecule has 0 fully saturated rings. The molecule has 9 heteroatoms. The summed E-state index contributed by atoms with van der Waals surface area (Å²) in [4.78, 5) is 25.9. The molecule has 0 atom stereocenters. The summed E-state index contributed by atoms with van der Waals surface area (Å²) in [6, 6.07) is 19.0. The van der Waals surface area contributed by atoms with Crippen LogP contribution in [-0.2, 0) is 22.6 Å². The van der Waals surface area contributed by atoms with E-state index in [2.05, 4.69) is 20.8 Å². The molecular formula is C25H25N5O2S2. The Balaban J connectivity index is 1.32. The summed E-state index contributed by atoms with van der Waals surface area (Å²) in [5.41, 5.74) is 3.23. The number of carbonyl (C=O) groups excluding carboxylic acids is 2. The highest BCUT2D eigenvalue weighted by atomic mass is 32.2. The molecule has 2 aromatic heterocycles. The van der Waals surface area contributed by atoms with Crippen LogP contribution >= 0.6 is 23.1 Å². The Morgan fingerprint density at radius 1 is 1.00 bits per heavy atom. The third-order valence-corrected chi connectivity index (χ3v) is 6.93. The van der Waals surface area contributed by atoms with Crippen molar-refractivity contribution < 1.29 is 9.59 Å². The second-order valence-corrected chi connectivity index (χ2v) is 9.50. The maximum absolute atomic E-state index is 12.6. The van der Waals surface area contributed by atoms with Crippen molar-refractivity contribution in [1.29, 1.82) is 0 Å². The minimum absolute atomic E-state index is 0.0826. The lowest BCUT2D eigenvalue weighted by atomic mass is 10.1. The topological polar surface area (TPSA) is 88.9 Å². The van der Waals surface area contributed by atoms with Gasteiger partial charge < -0.3 is 15.2 Å². The SMILES string of the molecule is CCn1c(SCC(=O)Nc2ccc(NC(=O)Cc3ccccc3)cc2C)nnc1-c1cccs1. The third-order valence-electron chi connectivity index (χ3n) is 5.10. The molecule has 7 nitrogen and oxygen atoms in total. The van der Waals surface area contributed by atoms with E-state index in [1.165, 1.54) is 11.8 Å². The van der Waals surface area contributed by atoms with Crippen molar-refractivity contribution in [3.8, 4) is 10.7 Å². The fourth-order valence-electron chi connectivity index (χ4n) is 3.45. The number of hydrogen-bond donors (Lipinski definition) is 2. The molecule has 0 radical (unpaired) electrons. The number of nitrogens with zero attached hydrogens (tertiary/aromatic N) is 3. The van der Waals surface area contributed by atoms with Gasteiger partial charge in [-0.15, -0.1) is 21.5 Å². The van der Waals surface area contributed by atoms with E-state index in [1.54, 1.807) is 23.5 Å². The van der Waals surface area contributed by atoms with Gasteiger partial charge in [-0.1, -0.05) is 48.2 Å². The Morgan fingerprint density at radius 2 is 1.82 bits per heavy atom. The number of benzene rings is 2. The monoisotopic (exact) mass is 491 g/mol. The number of hydrogen-bond acceptors (Lipinski definition) is 6. The number of anilines is 2. The highest BCUT2D eigenvalue weighted by Gasteiger charge is 2.15. The first-order chi connectivity index (χ1) is 16.5. The van der Waals surface area contributed by atoms with E-state index in [1.807, 2.05) is 72.3 Å². The van der Waals surface area contributed by atoms with Gasteiger partial charge in [-0.25, -0.2) is 0 Å². The van der Waals surface area contributed by atoms with E-state index in [0.29, 0.717) is 23.0 Å². The number of aryl methyl sites for hydroxylation is 1. The van der Waals surface area contributed by atoms with Gasteiger partial charge >= 0.3 is 0 Å². The molecule has 0 aliphatic rings. The summed E-state index contributed by atoms with van der Waals surface area (Å²) >= 11 is 2.97. The van der Waals surface area contributed by atoms with Crippen molar-refractivity contribution in [3.63, 3.8) is 0 Å². The molecule has 0 aliphatic carbocycles. The van der Waals surface area contributed by atoms with Crippen molar-refractivity contribution in [2.45, 2.75) is 32.0 Å². The molecule has 0 spiro atoms. The fraction of sp³-hybridized carbons (Fsp3) is 0.200. The minimum atomic E-state index is -0.128. The second-order valence-electron chi connectivity index (χ2n) is 7.60. The first-order valence-electron chi connectivity index (χ1n) is 10.9. The predicted molar refractivity (Wildman–Crippen MR) is 138 cm³/mol. The summed E-state index contributed by atoms with van der Waals surface area (Å²) in [5.74, 6) is 0.830. The molecule has 2 amide bonds. The molecule has 0 aliphatic heterocycles. The summed E-state index contributed by atoms with van der Waals surface area (Å²) < 4.78 is 2.02. The van der Waals surface area contributed by atoms with Gasteiger partial charge in [0.2, 0.25) is 11.8 Å². The number of aromatic nitrogens is 3. The molecule has 4 rings (SSSR count). The van der Waals surface area contributed by atoms with E-state index < -0.39 is 0 Å². The smallest absolute Gasteiger partial charge is 0.234 e. The summed E-state index contributed by atoms with van der Waals surface area (Å²) in [7, 11) is 0. The number of nitrogens with one attached hydrogen (secondary N) is 2. The zero-order valence-corrected chi connectivity index (χ0v) is 20.6. The summed E-state index contributed by atoms with van der Waals surface area (Å²) in [6.07, 6.45) is 0.312. The standard InChI is InChI=1S/C25H25N5O2S2/c1-3-30-24(21-10-7-13-33-21)28-29-25(30)34-16-23(32)27-20-12-11-19(14-17(20)2)26-22(31)15-18-8-5-4-6-9-18/h4-14H,3,15-16H2,1-2H3,(H,26,31)(H,27,32). The molecule has 0 saturated heterocycles. The molecule has 2 N–H and O–H groups in total. The van der Waals surface area contributed by atoms with E-state index in [9.17, 15) is 9.59 Å². The van der Waals surface area contributed by atoms with Gasteiger partial charge in [0.25, 0.3) is 0 Å². The molecule has 34 heavy (non-hydrogen) atoms. The molecule has 0 unspecified atom stereocenters. The molecule has 0 bridgehead atoms. The van der Waals surface area contributed by atoms with Crippen LogP contribution in [0, 0.1) is 6.92 Å². The Bertz CT molecular complexity index is 1270. The van der Waals surface area contributed by atoms with E-state index in [0.717, 1.165) is 28.4 Å². The molecular weight excluding hydrogens is 466 g/mol. The van der Waals surface area contributed by atoms with Gasteiger partial charge in [0.1, 0.15) is 0 Å². The average molecular weight is 492 g/mol. The lowest BCUT2D eigenvalue weighted by Gasteiger charge is -2.11. The Hall–Kier alpha value is -3.43. The van der Waals surface area contributed by atoms with Crippen LogP contribution in [0.25, 0.3) is 10.7 Å². The van der Waals surface area contributed by atoms with Crippen molar-refractivity contribution in [3.05, 3.63) is 77.2 Å². The van der Waals surface area contributed by atoms with Crippen LogP contribution in [0.5, 0.6) is 0 Å². The average Bonchev–Trinajstić information content (AvgIpc) is 3.49. The van der Waals surface area contributed by atoms with Crippen LogP contribution in [0.1, 0.15) is 18.1 Å². The maximum atomic E-state index is 12.6. The third kappa shape index (κ3) is 5.92. The lowest BCUT2D eigenvalue weighted by Crippen LogP contribution is -2.16. The first kappa shape index (κ1) is 23.7. The van der Waals surface area contributed by atoms with E-state index in [4.69, 9.17) is 0 Å². The van der Waals surface area contributed by atoms with Crippen molar-refractivity contribution >= 4 is 46.3 Å². The van der Waals surface area contributed by atoms with Crippen molar-refractivity contribution in [1.82, 2.24) is 14.8 Å². The van der Waals surface area contributed by atoms with Crippen LogP contribution in [0.15, 0.2) is 71.2 Å². The van der Waals surface area contributed by atoms with Crippen LogP contribution in [-0.4, -0.2) is 32.3 Å². The summed E-state index contributed by atoms with van der Waals surface area (Å²) in [5, 5.41) is 17.2. The van der Waals surface area contributed by atoms with Crippen LogP contribution < -0.4 is 10.6 Å². The maximum Gasteiger partial charge on any atom is 0.234 e. The fourth-order valence-corrected chi connectivity index (χ4v) is 4.97. The number of carbonyl (C=O) groups is 2. The second kappa shape index (κ2) is 11.1. The Kier molecular flexibility index (Phi) is 7.76. The van der Waals surface area contributed by atoms with Gasteiger partial charge in [-0.2, -0.15) is 0 Å². The van der Waals surface area contributed by atoms with Gasteiger partial charge in [0.15, 0.2) is 11.0 Å². The van der Waals surface area contributed by atoms with Crippen molar-refractivity contribution in [2.24, 2.45) is 0 Å². The largest absolute Gasteiger partial charge is 0.326 e. The Labute approximate surface area is 206 Å². The summed E-state index contributed by atoms with van der Waals surface area (Å²) in [6.45, 7) is 4.66. The number of thiophene rings is 1. The predicted octanol–water partition coefficient (Wildman–Crippen LogP) is 5.25. The first-order valence-corrected chi connectivity index (χ1v) is 12.7. The zero-order chi connectivity index (χ0) is 23.9. The zero-order valence-electron chi connectivity index (χ0n) is 18.9.